The number of benzene rings is 1. The Kier molecular flexibility index (Phi) is 6.25. The van der Waals surface area contributed by atoms with Crippen LogP contribution < -0.4 is 10.6 Å². The molecule has 1 aliphatic heterocycles. The highest BCUT2D eigenvalue weighted by Crippen LogP contribution is 2.34. The van der Waals surface area contributed by atoms with E-state index in [1.54, 1.807) is 6.07 Å². The van der Waals surface area contributed by atoms with Gasteiger partial charge in [0.1, 0.15) is 0 Å². The van der Waals surface area contributed by atoms with Crippen molar-refractivity contribution in [1.82, 2.24) is 15.5 Å². The van der Waals surface area contributed by atoms with Crippen LogP contribution in [-0.4, -0.2) is 41.9 Å². The highest BCUT2D eigenvalue weighted by atomic mass is 19.2. The SMILES string of the molecule is C=CC(=O)NCC(=O)N[C@@H]1CCN(C(C)C)[C@H]1c1ccc(F)c(F)c1. The standard InChI is InChI=1S/C18H23F2N3O2/c1-4-16(24)21-10-17(25)22-15-7-8-23(11(2)3)18(15)12-5-6-13(19)14(20)9-12/h4-6,9,11,15,18H,1,7-8,10H2,2-3H3,(H,21,24)(H,22,25)/t15-,18+/m1/s1. The summed E-state index contributed by atoms with van der Waals surface area (Å²) in [5, 5.41) is 5.30. The molecule has 7 heteroatoms. The van der Waals surface area contributed by atoms with E-state index in [0.29, 0.717) is 12.0 Å². The van der Waals surface area contributed by atoms with E-state index in [2.05, 4.69) is 22.1 Å². The molecule has 2 rings (SSSR count). The summed E-state index contributed by atoms with van der Waals surface area (Å²) >= 11 is 0. The van der Waals surface area contributed by atoms with Crippen molar-refractivity contribution in [2.75, 3.05) is 13.1 Å². The first-order valence-electron chi connectivity index (χ1n) is 8.23. The summed E-state index contributed by atoms with van der Waals surface area (Å²) in [5.41, 5.74) is 0.616. The number of carbonyl (C=O) groups is 2. The third kappa shape index (κ3) is 4.63. The van der Waals surface area contributed by atoms with Crippen LogP contribution in [0.2, 0.25) is 0 Å². The maximum absolute atomic E-state index is 13.7. The Bertz CT molecular complexity index is 664. The molecule has 2 atom stereocenters. The van der Waals surface area contributed by atoms with Crippen LogP contribution in [0.1, 0.15) is 31.9 Å². The van der Waals surface area contributed by atoms with Crippen molar-refractivity contribution in [2.45, 2.75) is 38.4 Å². The molecule has 2 N–H and O–H groups in total. The van der Waals surface area contributed by atoms with Crippen molar-refractivity contribution in [1.29, 1.82) is 0 Å². The lowest BCUT2D eigenvalue weighted by Gasteiger charge is -2.32. The predicted molar refractivity (Wildman–Crippen MR) is 90.7 cm³/mol. The molecular formula is C18H23F2N3O2. The first-order chi connectivity index (χ1) is 11.8. The Morgan fingerprint density at radius 3 is 2.68 bits per heavy atom. The average Bonchev–Trinajstić information content (AvgIpc) is 2.98. The van der Waals surface area contributed by atoms with Gasteiger partial charge in [0.25, 0.3) is 0 Å². The number of amides is 2. The molecule has 0 aliphatic carbocycles. The Morgan fingerprint density at radius 2 is 2.08 bits per heavy atom. The van der Waals surface area contributed by atoms with Gasteiger partial charge in [0.2, 0.25) is 11.8 Å². The number of halogens is 2. The Hall–Kier alpha value is -2.28. The fourth-order valence-electron chi connectivity index (χ4n) is 3.16. The van der Waals surface area contributed by atoms with Crippen LogP contribution in [0.5, 0.6) is 0 Å². The summed E-state index contributed by atoms with van der Waals surface area (Å²) in [7, 11) is 0. The zero-order chi connectivity index (χ0) is 18.6. The van der Waals surface area contributed by atoms with E-state index in [1.807, 2.05) is 13.8 Å². The molecule has 1 fully saturated rings. The predicted octanol–water partition coefficient (Wildman–Crippen LogP) is 1.91. The first kappa shape index (κ1) is 19.1. The number of hydrogen-bond donors (Lipinski definition) is 2. The van der Waals surface area contributed by atoms with E-state index in [0.717, 1.165) is 18.7 Å². The molecule has 136 valence electrons. The molecule has 0 unspecified atom stereocenters. The third-order valence-corrected chi connectivity index (χ3v) is 4.34. The molecule has 1 aliphatic rings. The van der Waals surface area contributed by atoms with Crippen LogP contribution in [0, 0.1) is 11.6 Å². The van der Waals surface area contributed by atoms with Gasteiger partial charge in [-0.3, -0.25) is 14.5 Å². The first-order valence-corrected chi connectivity index (χ1v) is 8.23. The van der Waals surface area contributed by atoms with Gasteiger partial charge in [0, 0.05) is 18.6 Å². The molecule has 0 aromatic heterocycles. The van der Waals surface area contributed by atoms with Crippen LogP contribution in [0.3, 0.4) is 0 Å². The molecule has 0 spiro atoms. The van der Waals surface area contributed by atoms with E-state index >= 15 is 0 Å². The van der Waals surface area contributed by atoms with Gasteiger partial charge in [0.05, 0.1) is 12.6 Å². The Balaban J connectivity index is 2.15. The summed E-state index contributed by atoms with van der Waals surface area (Å²) in [6.07, 6.45) is 1.77. The third-order valence-electron chi connectivity index (χ3n) is 4.34. The quantitative estimate of drug-likeness (QED) is 0.770. The van der Waals surface area contributed by atoms with Gasteiger partial charge in [0.15, 0.2) is 11.6 Å². The second-order valence-electron chi connectivity index (χ2n) is 6.33. The minimum absolute atomic E-state index is 0.159. The van der Waals surface area contributed by atoms with E-state index in [1.165, 1.54) is 6.07 Å². The Morgan fingerprint density at radius 1 is 1.36 bits per heavy atom. The monoisotopic (exact) mass is 351 g/mol. The highest BCUT2D eigenvalue weighted by molar-refractivity contribution is 5.90. The Labute approximate surface area is 146 Å². The van der Waals surface area contributed by atoms with Crippen LogP contribution in [-0.2, 0) is 9.59 Å². The van der Waals surface area contributed by atoms with Gasteiger partial charge in [-0.2, -0.15) is 0 Å². The number of carbonyl (C=O) groups excluding carboxylic acids is 2. The van der Waals surface area contributed by atoms with Gasteiger partial charge in [-0.25, -0.2) is 8.78 Å². The summed E-state index contributed by atoms with van der Waals surface area (Å²) in [4.78, 5) is 25.4. The fraction of sp³-hybridized carbons (Fsp3) is 0.444. The zero-order valence-corrected chi connectivity index (χ0v) is 14.4. The smallest absolute Gasteiger partial charge is 0.243 e. The fourth-order valence-corrected chi connectivity index (χ4v) is 3.16. The van der Waals surface area contributed by atoms with Gasteiger partial charge < -0.3 is 10.6 Å². The lowest BCUT2D eigenvalue weighted by atomic mass is 9.99. The van der Waals surface area contributed by atoms with Crippen molar-refractivity contribution in [3.05, 3.63) is 48.1 Å². The minimum atomic E-state index is -0.906. The second kappa shape index (κ2) is 8.20. The minimum Gasteiger partial charge on any atom is -0.350 e. The maximum Gasteiger partial charge on any atom is 0.243 e. The number of nitrogens with one attached hydrogen (secondary N) is 2. The van der Waals surface area contributed by atoms with Crippen LogP contribution in [0.15, 0.2) is 30.9 Å². The topological polar surface area (TPSA) is 61.4 Å². The van der Waals surface area contributed by atoms with Crippen LogP contribution >= 0.6 is 0 Å². The largest absolute Gasteiger partial charge is 0.350 e. The molecule has 5 nitrogen and oxygen atoms in total. The number of hydrogen-bond acceptors (Lipinski definition) is 3. The summed E-state index contributed by atoms with van der Waals surface area (Å²) in [5.74, 6) is -2.57. The second-order valence-corrected chi connectivity index (χ2v) is 6.33. The van der Waals surface area contributed by atoms with E-state index < -0.39 is 17.5 Å². The zero-order valence-electron chi connectivity index (χ0n) is 14.4. The summed E-state index contributed by atoms with van der Waals surface area (Å²) < 4.78 is 26.9. The summed E-state index contributed by atoms with van der Waals surface area (Å²) in [6, 6.07) is 3.50. The molecule has 0 radical (unpaired) electrons. The van der Waals surface area contributed by atoms with Crippen molar-refractivity contribution in [2.24, 2.45) is 0 Å². The molecule has 1 aromatic carbocycles. The van der Waals surface area contributed by atoms with Crippen molar-refractivity contribution in [3.63, 3.8) is 0 Å². The van der Waals surface area contributed by atoms with E-state index in [4.69, 9.17) is 0 Å². The molecule has 1 heterocycles. The van der Waals surface area contributed by atoms with Gasteiger partial charge >= 0.3 is 0 Å². The lowest BCUT2D eigenvalue weighted by molar-refractivity contribution is -0.124. The maximum atomic E-state index is 13.7. The highest BCUT2D eigenvalue weighted by Gasteiger charge is 2.37. The van der Waals surface area contributed by atoms with E-state index in [9.17, 15) is 18.4 Å². The molecular weight excluding hydrogens is 328 g/mol. The average molecular weight is 351 g/mol. The van der Waals surface area contributed by atoms with Crippen molar-refractivity contribution in [3.8, 4) is 0 Å². The van der Waals surface area contributed by atoms with Crippen LogP contribution in [0.4, 0.5) is 8.78 Å². The molecule has 0 bridgehead atoms. The van der Waals surface area contributed by atoms with E-state index in [-0.39, 0.29) is 30.6 Å². The van der Waals surface area contributed by atoms with Crippen molar-refractivity contribution < 1.29 is 18.4 Å². The number of nitrogens with zero attached hydrogens (tertiary/aromatic N) is 1. The van der Waals surface area contributed by atoms with Gasteiger partial charge in [-0.15, -0.1) is 0 Å². The molecule has 25 heavy (non-hydrogen) atoms. The number of rotatable bonds is 6. The van der Waals surface area contributed by atoms with Gasteiger partial charge in [-0.1, -0.05) is 12.6 Å². The normalized spacial score (nSPS) is 20.5. The lowest BCUT2D eigenvalue weighted by Crippen LogP contribution is -2.45. The van der Waals surface area contributed by atoms with Gasteiger partial charge in [-0.05, 0) is 44.0 Å². The molecule has 2 amide bonds. The molecule has 0 saturated carbocycles. The van der Waals surface area contributed by atoms with Crippen LogP contribution in [0.25, 0.3) is 0 Å². The summed E-state index contributed by atoms with van der Waals surface area (Å²) in [6.45, 7) is 7.92. The molecule has 1 aromatic rings. The van der Waals surface area contributed by atoms with Crippen molar-refractivity contribution >= 4 is 11.8 Å². The number of likely N-dealkylation sites (tertiary alicyclic amines) is 1. The molecule has 1 saturated heterocycles.